The average Bonchev–Trinajstić information content (AvgIpc) is 2.41. The summed E-state index contributed by atoms with van der Waals surface area (Å²) in [6.07, 6.45) is 0. The average molecular weight is 399 g/mol. The number of benzene rings is 2. The van der Waals surface area contributed by atoms with E-state index in [2.05, 4.69) is 51.8 Å². The molecule has 0 bridgehead atoms. The molecule has 20 heavy (non-hydrogen) atoms. The van der Waals surface area contributed by atoms with E-state index >= 15 is 0 Å². The van der Waals surface area contributed by atoms with Crippen LogP contribution < -0.4 is 10.5 Å². The first-order chi connectivity index (χ1) is 9.51. The summed E-state index contributed by atoms with van der Waals surface area (Å²) < 4.78 is 8.05. The molecule has 106 valence electrons. The summed E-state index contributed by atoms with van der Waals surface area (Å²) in [4.78, 5) is 0. The van der Waals surface area contributed by atoms with E-state index in [0.717, 1.165) is 26.0 Å². The highest BCUT2D eigenvalue weighted by Crippen LogP contribution is 2.34. The van der Waals surface area contributed by atoms with E-state index in [-0.39, 0.29) is 0 Å². The SMILES string of the molecule is CC(C)c1cc(Br)ccc1Oc1ccc(CN)c(Br)c1. The third-order valence-electron chi connectivity index (χ3n) is 3.07. The van der Waals surface area contributed by atoms with Crippen LogP contribution in [0.2, 0.25) is 0 Å². The Hall–Kier alpha value is -0.840. The van der Waals surface area contributed by atoms with Crippen LogP contribution in [0.3, 0.4) is 0 Å². The maximum atomic E-state index is 6.01. The zero-order chi connectivity index (χ0) is 14.7. The van der Waals surface area contributed by atoms with Crippen molar-refractivity contribution >= 4 is 31.9 Å². The lowest BCUT2D eigenvalue weighted by Gasteiger charge is -2.15. The Labute approximate surface area is 136 Å². The van der Waals surface area contributed by atoms with Gasteiger partial charge in [0, 0.05) is 15.5 Å². The van der Waals surface area contributed by atoms with Crippen molar-refractivity contribution < 1.29 is 4.74 Å². The van der Waals surface area contributed by atoms with Gasteiger partial charge in [0.15, 0.2) is 0 Å². The molecule has 0 saturated heterocycles. The molecule has 4 heteroatoms. The Morgan fingerprint density at radius 3 is 2.45 bits per heavy atom. The topological polar surface area (TPSA) is 35.2 Å². The third kappa shape index (κ3) is 3.62. The van der Waals surface area contributed by atoms with Crippen molar-refractivity contribution in [1.82, 2.24) is 0 Å². The highest BCUT2D eigenvalue weighted by molar-refractivity contribution is 9.10. The summed E-state index contributed by atoms with van der Waals surface area (Å²) >= 11 is 7.02. The number of nitrogens with two attached hydrogens (primary N) is 1. The number of halogens is 2. The van der Waals surface area contributed by atoms with Gasteiger partial charge in [0.25, 0.3) is 0 Å². The Morgan fingerprint density at radius 1 is 1.10 bits per heavy atom. The molecule has 2 nitrogen and oxygen atoms in total. The van der Waals surface area contributed by atoms with Gasteiger partial charge in [0.2, 0.25) is 0 Å². The molecule has 0 fully saturated rings. The molecule has 2 rings (SSSR count). The lowest BCUT2D eigenvalue weighted by molar-refractivity contribution is 0.472. The molecule has 2 aromatic carbocycles. The van der Waals surface area contributed by atoms with Gasteiger partial charge >= 0.3 is 0 Å². The minimum Gasteiger partial charge on any atom is -0.457 e. The molecule has 0 aliphatic carbocycles. The molecular formula is C16H17Br2NO. The predicted octanol–water partition coefficient (Wildman–Crippen LogP) is 5.59. The van der Waals surface area contributed by atoms with E-state index in [1.165, 1.54) is 5.56 Å². The minimum absolute atomic E-state index is 0.397. The van der Waals surface area contributed by atoms with Crippen LogP contribution in [-0.4, -0.2) is 0 Å². The highest BCUT2D eigenvalue weighted by atomic mass is 79.9. The Balaban J connectivity index is 2.32. The second-order valence-corrected chi connectivity index (χ2v) is 6.67. The van der Waals surface area contributed by atoms with Crippen molar-refractivity contribution in [3.63, 3.8) is 0 Å². The predicted molar refractivity (Wildman–Crippen MR) is 90.3 cm³/mol. The van der Waals surface area contributed by atoms with E-state index in [4.69, 9.17) is 10.5 Å². The molecule has 0 atom stereocenters. The van der Waals surface area contributed by atoms with Gasteiger partial charge in [-0.3, -0.25) is 0 Å². The van der Waals surface area contributed by atoms with Gasteiger partial charge in [0.1, 0.15) is 11.5 Å². The molecule has 0 amide bonds. The third-order valence-corrected chi connectivity index (χ3v) is 4.30. The van der Waals surface area contributed by atoms with Gasteiger partial charge in [-0.05, 0) is 47.4 Å². The van der Waals surface area contributed by atoms with Crippen molar-refractivity contribution in [2.45, 2.75) is 26.3 Å². The molecule has 0 aromatic heterocycles. The quantitative estimate of drug-likeness (QED) is 0.728. The fourth-order valence-corrected chi connectivity index (χ4v) is 2.85. The van der Waals surface area contributed by atoms with Gasteiger partial charge in [-0.2, -0.15) is 0 Å². The monoisotopic (exact) mass is 397 g/mol. The largest absolute Gasteiger partial charge is 0.457 e. The van der Waals surface area contributed by atoms with Crippen LogP contribution in [0.25, 0.3) is 0 Å². The fourth-order valence-electron chi connectivity index (χ4n) is 1.95. The molecule has 0 spiro atoms. The Morgan fingerprint density at radius 2 is 1.85 bits per heavy atom. The van der Waals surface area contributed by atoms with Gasteiger partial charge in [-0.1, -0.05) is 51.8 Å². The standard InChI is InChI=1S/C16H17Br2NO/c1-10(2)14-7-12(17)4-6-16(14)20-13-5-3-11(9-19)15(18)8-13/h3-8,10H,9,19H2,1-2H3. The molecule has 0 aliphatic heterocycles. The summed E-state index contributed by atoms with van der Waals surface area (Å²) in [6.45, 7) is 4.82. The first-order valence-electron chi connectivity index (χ1n) is 6.47. The van der Waals surface area contributed by atoms with Crippen molar-refractivity contribution in [2.24, 2.45) is 5.73 Å². The summed E-state index contributed by atoms with van der Waals surface area (Å²) in [5.74, 6) is 2.09. The van der Waals surface area contributed by atoms with Crippen molar-refractivity contribution in [1.29, 1.82) is 0 Å². The van der Waals surface area contributed by atoms with Gasteiger partial charge in [0.05, 0.1) is 0 Å². The number of rotatable bonds is 4. The molecule has 0 heterocycles. The summed E-state index contributed by atoms with van der Waals surface area (Å²) in [5, 5.41) is 0. The van der Waals surface area contributed by atoms with Crippen LogP contribution in [0.4, 0.5) is 0 Å². The van der Waals surface area contributed by atoms with Crippen LogP contribution >= 0.6 is 31.9 Å². The molecule has 0 radical (unpaired) electrons. The van der Waals surface area contributed by atoms with Gasteiger partial charge in [-0.15, -0.1) is 0 Å². The summed E-state index contributed by atoms with van der Waals surface area (Å²) in [5.41, 5.74) is 7.90. The van der Waals surface area contributed by atoms with E-state index in [1.54, 1.807) is 0 Å². The molecule has 0 saturated carbocycles. The molecule has 2 N–H and O–H groups in total. The lowest BCUT2D eigenvalue weighted by Crippen LogP contribution is -1.98. The van der Waals surface area contributed by atoms with E-state index in [0.29, 0.717) is 12.5 Å². The number of hydrogen-bond donors (Lipinski definition) is 1. The van der Waals surface area contributed by atoms with Gasteiger partial charge < -0.3 is 10.5 Å². The summed E-state index contributed by atoms with van der Waals surface area (Å²) in [6, 6.07) is 12.0. The van der Waals surface area contributed by atoms with Crippen molar-refractivity contribution in [3.8, 4) is 11.5 Å². The smallest absolute Gasteiger partial charge is 0.130 e. The molecular weight excluding hydrogens is 382 g/mol. The lowest BCUT2D eigenvalue weighted by atomic mass is 10.0. The number of hydrogen-bond acceptors (Lipinski definition) is 2. The molecule has 0 aliphatic rings. The normalized spacial score (nSPS) is 10.9. The van der Waals surface area contributed by atoms with E-state index in [1.807, 2.05) is 30.3 Å². The van der Waals surface area contributed by atoms with E-state index in [9.17, 15) is 0 Å². The number of ether oxygens (including phenoxy) is 1. The van der Waals surface area contributed by atoms with E-state index < -0.39 is 0 Å². The molecule has 0 unspecified atom stereocenters. The second kappa shape index (κ2) is 6.74. The Kier molecular flexibility index (Phi) is 5.24. The fraction of sp³-hybridized carbons (Fsp3) is 0.250. The van der Waals surface area contributed by atoms with Crippen LogP contribution in [-0.2, 0) is 6.54 Å². The van der Waals surface area contributed by atoms with Crippen molar-refractivity contribution in [2.75, 3.05) is 0 Å². The first kappa shape index (κ1) is 15.5. The van der Waals surface area contributed by atoms with Gasteiger partial charge in [-0.25, -0.2) is 0 Å². The van der Waals surface area contributed by atoms with Crippen LogP contribution in [0.5, 0.6) is 11.5 Å². The summed E-state index contributed by atoms with van der Waals surface area (Å²) in [7, 11) is 0. The highest BCUT2D eigenvalue weighted by Gasteiger charge is 2.10. The first-order valence-corrected chi connectivity index (χ1v) is 8.05. The molecule has 2 aromatic rings. The second-order valence-electron chi connectivity index (χ2n) is 4.90. The van der Waals surface area contributed by atoms with Crippen molar-refractivity contribution in [3.05, 3.63) is 56.5 Å². The maximum Gasteiger partial charge on any atom is 0.130 e. The maximum absolute atomic E-state index is 6.01. The zero-order valence-electron chi connectivity index (χ0n) is 11.5. The zero-order valence-corrected chi connectivity index (χ0v) is 14.7. The van der Waals surface area contributed by atoms with Crippen LogP contribution in [0.15, 0.2) is 45.3 Å². The van der Waals surface area contributed by atoms with Crippen LogP contribution in [0, 0.1) is 0 Å². The van der Waals surface area contributed by atoms with Crippen LogP contribution in [0.1, 0.15) is 30.9 Å². The minimum atomic E-state index is 0.397. The Bertz CT molecular complexity index is 611.